The molecule has 0 aromatic heterocycles. The van der Waals surface area contributed by atoms with Crippen LogP contribution < -0.4 is 22.3 Å². The van der Waals surface area contributed by atoms with E-state index in [2.05, 4.69) is 5.32 Å². The van der Waals surface area contributed by atoms with Gasteiger partial charge in [0.05, 0.1) is 5.57 Å². The molecule has 0 bridgehead atoms. The summed E-state index contributed by atoms with van der Waals surface area (Å²) in [5.41, 5.74) is 7.97. The quantitative estimate of drug-likeness (QED) is 0.158. The Kier molecular flexibility index (Phi) is 4.38. The summed E-state index contributed by atoms with van der Waals surface area (Å²) >= 11 is 0. The Morgan fingerprint density at radius 1 is 1.47 bits per heavy atom. The predicted octanol–water partition coefficient (Wildman–Crippen LogP) is -1.06. The zero-order valence-corrected chi connectivity index (χ0v) is 8.88. The normalized spacial score (nSPS) is 19.3. The molecule has 0 aliphatic carbocycles. The maximum absolute atomic E-state index is 11.1. The summed E-state index contributed by atoms with van der Waals surface area (Å²) < 4.78 is 5.48. The first-order chi connectivity index (χ1) is 7.15. The number of amides is 1. The Morgan fingerprint density at radius 2 is 2.07 bits per heavy atom. The summed E-state index contributed by atoms with van der Waals surface area (Å²) in [4.78, 5) is 11.1. The molecular weight excluding hydrogens is 196 g/mol. The van der Waals surface area contributed by atoms with Gasteiger partial charge in [0, 0.05) is 0 Å². The van der Waals surface area contributed by atoms with Gasteiger partial charge < -0.3 is 15.8 Å². The topological polar surface area (TPSA) is 102 Å². The Morgan fingerprint density at radius 3 is 2.60 bits per heavy atom. The number of hydrogen-bond donors (Lipinski definition) is 4. The average Bonchev–Trinajstić information content (AvgIpc) is 2.28. The van der Waals surface area contributed by atoms with Crippen molar-refractivity contribution in [2.24, 2.45) is 11.6 Å². The van der Waals surface area contributed by atoms with Crippen molar-refractivity contribution in [2.45, 2.75) is 25.9 Å². The standard InChI is InChI=1S/C9H18N4O2/c1-6(9(14)13-11)8(10)15-7-2-4-12-5-3-7/h7,12H,2-5,10-11H2,1H3,(H,13,14). The molecule has 0 unspecified atom stereocenters. The van der Waals surface area contributed by atoms with E-state index < -0.39 is 5.91 Å². The number of carbonyl (C=O) groups is 1. The smallest absolute Gasteiger partial charge is 0.266 e. The van der Waals surface area contributed by atoms with Gasteiger partial charge in [-0.2, -0.15) is 0 Å². The molecule has 6 N–H and O–H groups in total. The van der Waals surface area contributed by atoms with Gasteiger partial charge in [-0.25, -0.2) is 5.84 Å². The molecule has 1 aliphatic rings. The fraction of sp³-hybridized carbons (Fsp3) is 0.667. The number of carbonyl (C=O) groups excluding carboxylic acids is 1. The molecule has 1 aliphatic heterocycles. The van der Waals surface area contributed by atoms with E-state index in [1.165, 1.54) is 0 Å². The van der Waals surface area contributed by atoms with Crippen LogP contribution in [0.4, 0.5) is 0 Å². The van der Waals surface area contributed by atoms with Gasteiger partial charge in [-0.3, -0.25) is 10.2 Å². The second-order valence-corrected chi connectivity index (χ2v) is 3.53. The highest BCUT2D eigenvalue weighted by Crippen LogP contribution is 2.11. The molecule has 0 aromatic rings. The summed E-state index contributed by atoms with van der Waals surface area (Å²) in [6.45, 7) is 3.42. The van der Waals surface area contributed by atoms with Crippen molar-refractivity contribution in [1.29, 1.82) is 0 Å². The van der Waals surface area contributed by atoms with Crippen molar-refractivity contribution in [3.8, 4) is 0 Å². The third kappa shape index (κ3) is 3.41. The molecule has 15 heavy (non-hydrogen) atoms. The highest BCUT2D eigenvalue weighted by Gasteiger charge is 2.17. The van der Waals surface area contributed by atoms with Crippen molar-refractivity contribution in [1.82, 2.24) is 10.7 Å². The van der Waals surface area contributed by atoms with E-state index in [-0.39, 0.29) is 12.0 Å². The lowest BCUT2D eigenvalue weighted by Gasteiger charge is -2.24. The highest BCUT2D eigenvalue weighted by molar-refractivity contribution is 5.92. The van der Waals surface area contributed by atoms with E-state index >= 15 is 0 Å². The van der Waals surface area contributed by atoms with E-state index in [0.29, 0.717) is 5.57 Å². The molecule has 0 saturated carbocycles. The zero-order chi connectivity index (χ0) is 11.3. The fourth-order valence-electron chi connectivity index (χ4n) is 1.40. The molecule has 1 fully saturated rings. The maximum atomic E-state index is 11.1. The van der Waals surface area contributed by atoms with E-state index in [0.717, 1.165) is 25.9 Å². The second kappa shape index (κ2) is 5.57. The molecule has 6 heteroatoms. The number of nitrogens with one attached hydrogen (secondary N) is 2. The van der Waals surface area contributed by atoms with Gasteiger partial charge in [-0.05, 0) is 32.9 Å². The lowest BCUT2D eigenvalue weighted by molar-refractivity contribution is -0.117. The number of rotatable bonds is 3. The molecule has 1 amide bonds. The Balaban J connectivity index is 2.51. The SMILES string of the molecule is CC(C(=O)NN)=C(N)OC1CCNCC1. The Bertz CT molecular complexity index is 259. The summed E-state index contributed by atoms with van der Waals surface area (Å²) in [7, 11) is 0. The van der Waals surface area contributed by atoms with Gasteiger partial charge >= 0.3 is 0 Å². The monoisotopic (exact) mass is 214 g/mol. The van der Waals surface area contributed by atoms with Crippen LogP contribution in [-0.4, -0.2) is 25.1 Å². The molecule has 0 radical (unpaired) electrons. The minimum Gasteiger partial charge on any atom is -0.476 e. The van der Waals surface area contributed by atoms with Crippen LogP contribution in [0.1, 0.15) is 19.8 Å². The number of piperidine rings is 1. The molecule has 6 nitrogen and oxygen atoms in total. The Hall–Kier alpha value is -1.27. The molecule has 0 aromatic carbocycles. The van der Waals surface area contributed by atoms with E-state index in [9.17, 15) is 4.79 Å². The van der Waals surface area contributed by atoms with E-state index in [4.69, 9.17) is 16.3 Å². The van der Waals surface area contributed by atoms with Crippen molar-refractivity contribution < 1.29 is 9.53 Å². The van der Waals surface area contributed by atoms with Gasteiger partial charge in [0.15, 0.2) is 5.88 Å². The van der Waals surface area contributed by atoms with Crippen LogP contribution in [0.25, 0.3) is 0 Å². The van der Waals surface area contributed by atoms with E-state index in [1.54, 1.807) is 6.92 Å². The first kappa shape index (κ1) is 11.8. The fourth-order valence-corrected chi connectivity index (χ4v) is 1.40. The summed E-state index contributed by atoms with van der Waals surface area (Å²) in [6.07, 6.45) is 1.89. The van der Waals surface area contributed by atoms with Gasteiger partial charge in [0.2, 0.25) is 0 Å². The van der Waals surface area contributed by atoms with Crippen LogP contribution in [0.5, 0.6) is 0 Å². The summed E-state index contributed by atoms with van der Waals surface area (Å²) in [5.74, 6) is 4.73. The molecule has 86 valence electrons. The second-order valence-electron chi connectivity index (χ2n) is 3.53. The predicted molar refractivity (Wildman–Crippen MR) is 56.2 cm³/mol. The minimum atomic E-state index is -0.415. The molecule has 1 rings (SSSR count). The zero-order valence-electron chi connectivity index (χ0n) is 8.88. The third-order valence-electron chi connectivity index (χ3n) is 2.42. The molecule has 0 atom stereocenters. The third-order valence-corrected chi connectivity index (χ3v) is 2.42. The molecular formula is C9H18N4O2. The van der Waals surface area contributed by atoms with Crippen molar-refractivity contribution in [3.63, 3.8) is 0 Å². The van der Waals surface area contributed by atoms with Crippen LogP contribution >= 0.6 is 0 Å². The van der Waals surface area contributed by atoms with Gasteiger partial charge in [0.25, 0.3) is 5.91 Å². The van der Waals surface area contributed by atoms with Crippen molar-refractivity contribution >= 4 is 5.91 Å². The summed E-state index contributed by atoms with van der Waals surface area (Å²) in [6, 6.07) is 0. The van der Waals surface area contributed by atoms with Crippen LogP contribution in [-0.2, 0) is 9.53 Å². The Labute approximate surface area is 89.0 Å². The lowest BCUT2D eigenvalue weighted by Crippen LogP contribution is -2.35. The van der Waals surface area contributed by atoms with Gasteiger partial charge in [-0.15, -0.1) is 0 Å². The van der Waals surface area contributed by atoms with E-state index in [1.807, 2.05) is 5.43 Å². The van der Waals surface area contributed by atoms with Crippen LogP contribution in [0.2, 0.25) is 0 Å². The minimum absolute atomic E-state index is 0.0896. The van der Waals surface area contributed by atoms with Gasteiger partial charge in [0.1, 0.15) is 6.10 Å². The van der Waals surface area contributed by atoms with Crippen LogP contribution in [0.3, 0.4) is 0 Å². The number of nitrogens with two attached hydrogens (primary N) is 2. The number of hydrazine groups is 1. The van der Waals surface area contributed by atoms with Gasteiger partial charge in [-0.1, -0.05) is 0 Å². The maximum Gasteiger partial charge on any atom is 0.266 e. The number of ether oxygens (including phenoxy) is 1. The first-order valence-corrected chi connectivity index (χ1v) is 4.99. The highest BCUT2D eigenvalue weighted by atomic mass is 16.5. The summed E-state index contributed by atoms with van der Waals surface area (Å²) in [5, 5.41) is 3.21. The number of hydrogen-bond acceptors (Lipinski definition) is 5. The largest absolute Gasteiger partial charge is 0.476 e. The van der Waals surface area contributed by atoms with Crippen molar-refractivity contribution in [3.05, 3.63) is 11.5 Å². The molecule has 1 saturated heterocycles. The molecule has 0 spiro atoms. The lowest BCUT2D eigenvalue weighted by atomic mass is 10.1. The average molecular weight is 214 g/mol. The van der Waals surface area contributed by atoms with Crippen LogP contribution in [0.15, 0.2) is 11.5 Å². The van der Waals surface area contributed by atoms with Crippen LogP contribution in [0, 0.1) is 0 Å². The molecule has 1 heterocycles. The van der Waals surface area contributed by atoms with Crippen molar-refractivity contribution in [2.75, 3.05) is 13.1 Å². The first-order valence-electron chi connectivity index (χ1n) is 4.99.